The summed E-state index contributed by atoms with van der Waals surface area (Å²) < 4.78 is 2.12. The monoisotopic (exact) mass is 388 g/mol. The Bertz CT molecular complexity index is 987. The summed E-state index contributed by atoms with van der Waals surface area (Å²) >= 11 is 0. The third-order valence-corrected chi connectivity index (χ3v) is 6.19. The van der Waals surface area contributed by atoms with Gasteiger partial charge in [-0.05, 0) is 56.5 Å². The number of likely N-dealkylation sites (tertiary alicyclic amines) is 1. The van der Waals surface area contributed by atoms with Crippen LogP contribution < -0.4 is 5.32 Å². The molecule has 3 aromatic rings. The van der Waals surface area contributed by atoms with Crippen LogP contribution in [0.2, 0.25) is 0 Å². The Kier molecular flexibility index (Phi) is 5.06. The Labute approximate surface area is 171 Å². The van der Waals surface area contributed by atoms with Crippen LogP contribution in [-0.4, -0.2) is 40.0 Å². The van der Waals surface area contributed by atoms with Crippen LogP contribution in [0.5, 0.6) is 0 Å². The summed E-state index contributed by atoms with van der Waals surface area (Å²) in [6.45, 7) is 3.20. The molecule has 1 amide bonds. The second-order valence-electron chi connectivity index (χ2n) is 8.29. The maximum atomic E-state index is 12.9. The van der Waals surface area contributed by atoms with Gasteiger partial charge in [0.1, 0.15) is 12.4 Å². The summed E-state index contributed by atoms with van der Waals surface area (Å²) in [5, 5.41) is 3.22. The molecule has 1 N–H and O–H groups in total. The fourth-order valence-electron chi connectivity index (χ4n) is 4.51. The van der Waals surface area contributed by atoms with Crippen molar-refractivity contribution in [3.63, 3.8) is 0 Å². The SMILES string of the molecule is O=C(Cn1c(C2CC2)nc2ccccc21)NC[C@H](c1ccccc1)N1CCCC1. The Balaban J connectivity index is 1.31. The first-order chi connectivity index (χ1) is 14.3. The number of amides is 1. The van der Waals surface area contributed by atoms with E-state index in [1.54, 1.807) is 0 Å². The lowest BCUT2D eigenvalue weighted by atomic mass is 10.1. The van der Waals surface area contributed by atoms with E-state index < -0.39 is 0 Å². The fourth-order valence-corrected chi connectivity index (χ4v) is 4.51. The summed E-state index contributed by atoms with van der Waals surface area (Å²) in [7, 11) is 0. The zero-order valence-corrected chi connectivity index (χ0v) is 16.8. The molecule has 0 unspecified atom stereocenters. The molecule has 2 aliphatic rings. The minimum atomic E-state index is 0.0650. The Morgan fingerprint density at radius 2 is 1.76 bits per heavy atom. The number of benzene rings is 2. The van der Waals surface area contributed by atoms with Crippen molar-refractivity contribution in [3.8, 4) is 0 Å². The molecule has 1 aliphatic heterocycles. The number of hydrogen-bond acceptors (Lipinski definition) is 3. The summed E-state index contributed by atoms with van der Waals surface area (Å²) in [5.41, 5.74) is 3.33. The average Bonchev–Trinajstić information content (AvgIpc) is 3.33. The topological polar surface area (TPSA) is 50.2 Å². The third kappa shape index (κ3) is 3.92. The van der Waals surface area contributed by atoms with Crippen LogP contribution in [0.1, 0.15) is 49.0 Å². The Hall–Kier alpha value is -2.66. The average molecular weight is 389 g/mol. The van der Waals surface area contributed by atoms with E-state index in [-0.39, 0.29) is 11.9 Å². The molecule has 0 spiro atoms. The third-order valence-electron chi connectivity index (χ3n) is 6.19. The number of nitrogens with zero attached hydrogens (tertiary/aromatic N) is 3. The lowest BCUT2D eigenvalue weighted by molar-refractivity contribution is -0.121. The first-order valence-electron chi connectivity index (χ1n) is 10.8. The van der Waals surface area contributed by atoms with E-state index in [4.69, 9.17) is 4.98 Å². The zero-order chi connectivity index (χ0) is 19.6. The highest BCUT2D eigenvalue weighted by Crippen LogP contribution is 2.40. The molecule has 1 saturated heterocycles. The summed E-state index contributed by atoms with van der Waals surface area (Å²) in [5.74, 6) is 1.65. The highest BCUT2D eigenvalue weighted by molar-refractivity contribution is 5.81. The van der Waals surface area contributed by atoms with Crippen LogP contribution in [0, 0.1) is 0 Å². The van der Waals surface area contributed by atoms with E-state index in [1.165, 1.54) is 31.2 Å². The molecule has 1 aromatic heterocycles. The van der Waals surface area contributed by atoms with E-state index in [2.05, 4.69) is 45.1 Å². The van der Waals surface area contributed by atoms with Crippen LogP contribution in [-0.2, 0) is 11.3 Å². The lowest BCUT2D eigenvalue weighted by Gasteiger charge is -2.28. The molecule has 5 heteroatoms. The minimum absolute atomic E-state index is 0.0650. The highest BCUT2D eigenvalue weighted by atomic mass is 16.1. The van der Waals surface area contributed by atoms with E-state index in [0.29, 0.717) is 19.0 Å². The lowest BCUT2D eigenvalue weighted by Crippen LogP contribution is -2.38. The van der Waals surface area contributed by atoms with Crippen molar-refractivity contribution >= 4 is 16.9 Å². The number of hydrogen-bond donors (Lipinski definition) is 1. The molecule has 5 rings (SSSR count). The number of fused-ring (bicyclic) bond motifs is 1. The van der Waals surface area contributed by atoms with Gasteiger partial charge in [0.15, 0.2) is 0 Å². The number of carbonyl (C=O) groups excluding carboxylic acids is 1. The minimum Gasteiger partial charge on any atom is -0.353 e. The van der Waals surface area contributed by atoms with Gasteiger partial charge in [-0.1, -0.05) is 42.5 Å². The van der Waals surface area contributed by atoms with Gasteiger partial charge in [-0.15, -0.1) is 0 Å². The zero-order valence-electron chi connectivity index (χ0n) is 16.8. The highest BCUT2D eigenvalue weighted by Gasteiger charge is 2.30. The van der Waals surface area contributed by atoms with Crippen molar-refractivity contribution in [1.82, 2.24) is 19.8 Å². The first-order valence-corrected chi connectivity index (χ1v) is 10.8. The van der Waals surface area contributed by atoms with Gasteiger partial charge in [0.05, 0.1) is 17.1 Å². The van der Waals surface area contributed by atoms with Gasteiger partial charge in [-0.2, -0.15) is 0 Å². The van der Waals surface area contributed by atoms with E-state index in [1.807, 2.05) is 24.3 Å². The second kappa shape index (κ2) is 7.99. The number of para-hydroxylation sites is 2. The van der Waals surface area contributed by atoms with Gasteiger partial charge in [0, 0.05) is 12.5 Å². The maximum absolute atomic E-state index is 12.9. The van der Waals surface area contributed by atoms with Crippen molar-refractivity contribution in [2.75, 3.05) is 19.6 Å². The van der Waals surface area contributed by atoms with Crippen LogP contribution >= 0.6 is 0 Å². The standard InChI is InChI=1S/C24H28N4O/c29-23(17-28-21-11-5-4-10-20(21)26-24(28)19-12-13-19)25-16-22(27-14-6-7-15-27)18-8-2-1-3-9-18/h1-5,8-11,19,22H,6-7,12-17H2,(H,25,29)/t22-/m1/s1. The molecule has 2 aromatic carbocycles. The van der Waals surface area contributed by atoms with Gasteiger partial charge in [-0.3, -0.25) is 9.69 Å². The molecule has 1 saturated carbocycles. The van der Waals surface area contributed by atoms with Crippen LogP contribution in [0.15, 0.2) is 54.6 Å². The van der Waals surface area contributed by atoms with Gasteiger partial charge < -0.3 is 9.88 Å². The summed E-state index contributed by atoms with van der Waals surface area (Å²) in [6.07, 6.45) is 4.83. The van der Waals surface area contributed by atoms with E-state index in [0.717, 1.165) is 29.9 Å². The Morgan fingerprint density at radius 3 is 2.52 bits per heavy atom. The van der Waals surface area contributed by atoms with Crippen molar-refractivity contribution in [2.45, 2.75) is 44.2 Å². The van der Waals surface area contributed by atoms with Gasteiger partial charge >= 0.3 is 0 Å². The molecular formula is C24H28N4O. The van der Waals surface area contributed by atoms with Gasteiger partial charge in [0.2, 0.25) is 5.91 Å². The molecule has 2 fully saturated rings. The maximum Gasteiger partial charge on any atom is 0.240 e. The predicted octanol–water partition coefficient (Wildman–Crippen LogP) is 3.87. The van der Waals surface area contributed by atoms with E-state index in [9.17, 15) is 4.79 Å². The quantitative estimate of drug-likeness (QED) is 0.669. The molecule has 1 aliphatic carbocycles. The predicted molar refractivity (Wildman–Crippen MR) is 115 cm³/mol. The van der Waals surface area contributed by atoms with Crippen LogP contribution in [0.25, 0.3) is 11.0 Å². The second-order valence-corrected chi connectivity index (χ2v) is 8.29. The normalized spacial score (nSPS) is 18.2. The van der Waals surface area contributed by atoms with Crippen molar-refractivity contribution < 1.29 is 4.79 Å². The number of aromatic nitrogens is 2. The molecule has 150 valence electrons. The smallest absolute Gasteiger partial charge is 0.240 e. The first kappa shape index (κ1) is 18.4. The van der Waals surface area contributed by atoms with Crippen molar-refractivity contribution in [2.24, 2.45) is 0 Å². The van der Waals surface area contributed by atoms with Gasteiger partial charge in [-0.25, -0.2) is 4.98 Å². The van der Waals surface area contributed by atoms with Crippen LogP contribution in [0.3, 0.4) is 0 Å². The largest absolute Gasteiger partial charge is 0.353 e. The van der Waals surface area contributed by atoms with Crippen LogP contribution in [0.4, 0.5) is 0 Å². The number of nitrogens with one attached hydrogen (secondary N) is 1. The number of imidazole rings is 1. The summed E-state index contributed by atoms with van der Waals surface area (Å²) in [4.78, 5) is 20.2. The number of rotatable bonds is 7. The van der Waals surface area contributed by atoms with Crippen molar-refractivity contribution in [3.05, 3.63) is 66.0 Å². The molecule has 0 bridgehead atoms. The molecule has 5 nitrogen and oxygen atoms in total. The van der Waals surface area contributed by atoms with E-state index >= 15 is 0 Å². The molecule has 1 atom stereocenters. The van der Waals surface area contributed by atoms with Crippen molar-refractivity contribution in [1.29, 1.82) is 0 Å². The van der Waals surface area contributed by atoms with Gasteiger partial charge in [0.25, 0.3) is 0 Å². The molecule has 2 heterocycles. The number of carbonyl (C=O) groups is 1. The Morgan fingerprint density at radius 1 is 1.03 bits per heavy atom. The molecule has 0 radical (unpaired) electrons. The summed E-state index contributed by atoms with van der Waals surface area (Å²) in [6, 6.07) is 18.9. The molecule has 29 heavy (non-hydrogen) atoms. The fraction of sp³-hybridized carbons (Fsp3) is 0.417. The molecular weight excluding hydrogens is 360 g/mol.